The van der Waals surface area contributed by atoms with Crippen molar-refractivity contribution in [2.24, 2.45) is 0 Å². The summed E-state index contributed by atoms with van der Waals surface area (Å²) in [5, 5.41) is 8.76. The number of carboxylic acids is 1. The lowest BCUT2D eigenvalue weighted by Crippen LogP contribution is -2.33. The molecule has 0 bridgehead atoms. The fourth-order valence-corrected chi connectivity index (χ4v) is 1.61. The van der Waals surface area contributed by atoms with E-state index >= 15 is 0 Å². The van der Waals surface area contributed by atoms with Gasteiger partial charge in [0.1, 0.15) is 0 Å². The molecule has 0 unspecified atom stereocenters. The molecule has 0 fully saturated rings. The van der Waals surface area contributed by atoms with Gasteiger partial charge in [-0.2, -0.15) is 0 Å². The molecule has 0 saturated heterocycles. The van der Waals surface area contributed by atoms with E-state index in [4.69, 9.17) is 5.11 Å². The van der Waals surface area contributed by atoms with Crippen LogP contribution in [0.25, 0.3) is 0 Å². The fourth-order valence-electron chi connectivity index (χ4n) is 1.61. The van der Waals surface area contributed by atoms with E-state index in [0.29, 0.717) is 6.54 Å². The molecule has 1 aromatic rings. The fraction of sp³-hybridized carbons (Fsp3) is 0.538. The molecule has 0 amide bonds. The molecule has 0 aliphatic heterocycles. The van der Waals surface area contributed by atoms with Crippen molar-refractivity contribution in [1.29, 1.82) is 0 Å². The van der Waals surface area contributed by atoms with Gasteiger partial charge < -0.3 is 10.0 Å². The molecule has 0 aliphatic carbocycles. The van der Waals surface area contributed by atoms with E-state index in [1.54, 1.807) is 6.20 Å². The van der Waals surface area contributed by atoms with Gasteiger partial charge >= 0.3 is 5.97 Å². The molecule has 100 valence electrons. The summed E-state index contributed by atoms with van der Waals surface area (Å²) < 4.78 is 0. The van der Waals surface area contributed by atoms with Gasteiger partial charge in [0.15, 0.2) is 0 Å². The second-order valence-corrected chi connectivity index (χ2v) is 4.58. The van der Waals surface area contributed by atoms with Crippen molar-refractivity contribution in [3.8, 4) is 0 Å². The van der Waals surface area contributed by atoms with Crippen molar-refractivity contribution in [1.82, 2.24) is 14.8 Å². The van der Waals surface area contributed by atoms with Crippen molar-refractivity contribution in [3.05, 3.63) is 30.1 Å². The topological polar surface area (TPSA) is 56.7 Å². The summed E-state index contributed by atoms with van der Waals surface area (Å²) in [6, 6.07) is 3.91. The summed E-state index contributed by atoms with van der Waals surface area (Å²) >= 11 is 0. The highest BCUT2D eigenvalue weighted by Crippen LogP contribution is 2.03. The summed E-state index contributed by atoms with van der Waals surface area (Å²) in [4.78, 5) is 19.0. The van der Waals surface area contributed by atoms with Crippen molar-refractivity contribution >= 4 is 5.97 Å². The molecule has 1 aromatic heterocycles. The molecule has 5 heteroatoms. The normalized spacial score (nSPS) is 11.1. The van der Waals surface area contributed by atoms with Crippen LogP contribution in [0, 0.1) is 0 Å². The molecule has 1 rings (SSSR count). The van der Waals surface area contributed by atoms with Crippen LogP contribution < -0.4 is 0 Å². The lowest BCUT2D eigenvalue weighted by Gasteiger charge is -2.23. The Morgan fingerprint density at radius 3 is 2.67 bits per heavy atom. The monoisotopic (exact) mass is 251 g/mol. The van der Waals surface area contributed by atoms with Gasteiger partial charge in [-0.15, -0.1) is 0 Å². The Morgan fingerprint density at radius 1 is 1.33 bits per heavy atom. The van der Waals surface area contributed by atoms with Gasteiger partial charge in [0.25, 0.3) is 0 Å². The lowest BCUT2D eigenvalue weighted by molar-refractivity contribution is -0.137. The highest BCUT2D eigenvalue weighted by molar-refractivity contribution is 5.66. The number of hydrogen-bond acceptors (Lipinski definition) is 4. The minimum Gasteiger partial charge on any atom is -0.481 e. The molecule has 1 N–H and O–H groups in total. The summed E-state index contributed by atoms with van der Waals surface area (Å²) in [6.45, 7) is 3.09. The maximum Gasteiger partial charge on any atom is 0.304 e. The maximum atomic E-state index is 10.6. The number of carboxylic acid groups (broad SMARTS) is 1. The molecule has 0 spiro atoms. The highest BCUT2D eigenvalue weighted by atomic mass is 16.4. The van der Waals surface area contributed by atoms with E-state index in [0.717, 1.165) is 25.2 Å². The number of pyridine rings is 1. The smallest absolute Gasteiger partial charge is 0.304 e. The SMILES string of the molecule is CN(C)CCN(CCC(=O)O)Cc1cccnc1. The summed E-state index contributed by atoms with van der Waals surface area (Å²) in [5.41, 5.74) is 1.11. The Bertz CT molecular complexity index is 355. The average molecular weight is 251 g/mol. The molecule has 18 heavy (non-hydrogen) atoms. The Labute approximate surface area is 108 Å². The van der Waals surface area contributed by atoms with Gasteiger partial charge in [0.05, 0.1) is 6.42 Å². The number of likely N-dealkylation sites (N-methyl/N-ethyl adjacent to an activating group) is 1. The first-order valence-corrected chi connectivity index (χ1v) is 6.05. The van der Waals surface area contributed by atoms with Crippen molar-refractivity contribution in [3.63, 3.8) is 0 Å². The third-order valence-electron chi connectivity index (χ3n) is 2.63. The predicted octanol–water partition coefficient (Wildman–Crippen LogP) is 0.920. The average Bonchev–Trinajstić information content (AvgIpc) is 2.33. The predicted molar refractivity (Wildman–Crippen MR) is 70.3 cm³/mol. The van der Waals surface area contributed by atoms with E-state index in [-0.39, 0.29) is 6.42 Å². The molecule has 0 aromatic carbocycles. The first kappa shape index (κ1) is 14.6. The van der Waals surface area contributed by atoms with Gasteiger partial charge in [-0.1, -0.05) is 6.07 Å². The van der Waals surface area contributed by atoms with Crippen molar-refractivity contribution < 1.29 is 9.90 Å². The molecule has 0 saturated carbocycles. The van der Waals surface area contributed by atoms with Crippen LogP contribution in [0.15, 0.2) is 24.5 Å². The third kappa shape index (κ3) is 6.32. The van der Waals surface area contributed by atoms with Crippen LogP contribution in [0.1, 0.15) is 12.0 Å². The standard InChI is InChI=1S/C13H21N3O2/c1-15(2)8-9-16(7-5-13(17)18)11-12-4-3-6-14-10-12/h3-4,6,10H,5,7-9,11H2,1-2H3,(H,17,18). The van der Waals surface area contributed by atoms with Crippen LogP contribution in [-0.2, 0) is 11.3 Å². The van der Waals surface area contributed by atoms with Crippen molar-refractivity contribution in [2.75, 3.05) is 33.7 Å². The van der Waals surface area contributed by atoms with Crippen molar-refractivity contribution in [2.45, 2.75) is 13.0 Å². The Hall–Kier alpha value is -1.46. The Kier molecular flexibility index (Phi) is 6.32. The van der Waals surface area contributed by atoms with E-state index in [2.05, 4.69) is 14.8 Å². The maximum absolute atomic E-state index is 10.6. The largest absolute Gasteiger partial charge is 0.481 e. The third-order valence-corrected chi connectivity index (χ3v) is 2.63. The van der Waals surface area contributed by atoms with Crippen LogP contribution in [0.2, 0.25) is 0 Å². The van der Waals surface area contributed by atoms with Crippen LogP contribution in [0.3, 0.4) is 0 Å². The van der Waals surface area contributed by atoms with Crippen LogP contribution in [0.4, 0.5) is 0 Å². The Balaban J connectivity index is 2.50. The number of hydrogen-bond donors (Lipinski definition) is 1. The number of carbonyl (C=O) groups is 1. The van der Waals surface area contributed by atoms with Crippen LogP contribution >= 0.6 is 0 Å². The van der Waals surface area contributed by atoms with E-state index in [1.165, 1.54) is 0 Å². The van der Waals surface area contributed by atoms with E-state index in [9.17, 15) is 4.79 Å². The second-order valence-electron chi connectivity index (χ2n) is 4.58. The lowest BCUT2D eigenvalue weighted by atomic mass is 10.2. The molecule has 0 radical (unpaired) electrons. The van der Waals surface area contributed by atoms with E-state index < -0.39 is 5.97 Å². The number of nitrogens with zero attached hydrogens (tertiary/aromatic N) is 3. The number of rotatable bonds is 8. The zero-order chi connectivity index (χ0) is 13.4. The van der Waals surface area contributed by atoms with Gasteiger partial charge in [-0.05, 0) is 25.7 Å². The van der Waals surface area contributed by atoms with Gasteiger partial charge in [-0.25, -0.2) is 0 Å². The summed E-state index contributed by atoms with van der Waals surface area (Å²) in [7, 11) is 4.03. The zero-order valence-corrected chi connectivity index (χ0v) is 11.0. The molecule has 1 heterocycles. The number of aliphatic carboxylic acids is 1. The molecule has 0 aliphatic rings. The van der Waals surface area contributed by atoms with Crippen LogP contribution in [0.5, 0.6) is 0 Å². The summed E-state index contributed by atoms with van der Waals surface area (Å²) in [6.07, 6.45) is 3.74. The quantitative estimate of drug-likeness (QED) is 0.744. The first-order valence-electron chi connectivity index (χ1n) is 6.05. The molecular weight excluding hydrogens is 230 g/mol. The van der Waals surface area contributed by atoms with Gasteiger partial charge in [-0.3, -0.25) is 14.7 Å². The van der Waals surface area contributed by atoms with Gasteiger partial charge in [0.2, 0.25) is 0 Å². The number of aromatic nitrogens is 1. The van der Waals surface area contributed by atoms with E-state index in [1.807, 2.05) is 32.4 Å². The second kappa shape index (κ2) is 7.79. The zero-order valence-electron chi connectivity index (χ0n) is 11.0. The molecule has 5 nitrogen and oxygen atoms in total. The minimum atomic E-state index is -0.754. The first-order chi connectivity index (χ1) is 8.58. The molecular formula is C13H21N3O2. The van der Waals surface area contributed by atoms with Crippen LogP contribution in [-0.4, -0.2) is 59.6 Å². The minimum absolute atomic E-state index is 0.174. The Morgan fingerprint density at radius 2 is 2.11 bits per heavy atom. The molecule has 0 atom stereocenters. The van der Waals surface area contributed by atoms with Gasteiger partial charge in [0, 0.05) is 38.6 Å². The highest BCUT2D eigenvalue weighted by Gasteiger charge is 2.08. The summed E-state index contributed by atoms with van der Waals surface area (Å²) in [5.74, 6) is -0.754.